The second-order valence-electron chi connectivity index (χ2n) is 13.2. The zero-order valence-electron chi connectivity index (χ0n) is 25.8. The molecular weight excluding hydrogens is 511 g/mol. The second kappa shape index (κ2) is 13.7. The predicted octanol–water partition coefficient (Wildman–Crippen LogP) is 7.29. The van der Waals surface area contributed by atoms with E-state index in [1.54, 1.807) is 0 Å². The summed E-state index contributed by atoms with van der Waals surface area (Å²) in [4.78, 5) is 0. The van der Waals surface area contributed by atoms with Crippen molar-refractivity contribution in [1.82, 2.24) is 0 Å². The molecule has 0 radical (unpaired) electrons. The van der Waals surface area contributed by atoms with Gasteiger partial charge in [0.15, 0.2) is 16.6 Å². The molecule has 0 fully saturated rings. The molecule has 10 heteroatoms. The van der Waals surface area contributed by atoms with Crippen molar-refractivity contribution in [2.24, 2.45) is 0 Å². The van der Waals surface area contributed by atoms with E-state index in [1.165, 1.54) is 0 Å². The largest absolute Gasteiger partial charge is 0.409 e. The highest BCUT2D eigenvalue weighted by molar-refractivity contribution is 7.33. The van der Waals surface area contributed by atoms with Gasteiger partial charge in [-0.3, -0.25) is 4.57 Å². The summed E-state index contributed by atoms with van der Waals surface area (Å²) in [5.41, 5.74) is -2.17. The van der Waals surface area contributed by atoms with Gasteiger partial charge in [0.05, 0.1) is 36.6 Å². The number of rotatable bonds is 16. The van der Waals surface area contributed by atoms with Crippen LogP contribution in [0.15, 0.2) is 0 Å². The maximum atomic E-state index is 12.9. The quantitative estimate of drug-likeness (QED) is 0.149. The molecule has 0 saturated carbocycles. The van der Waals surface area contributed by atoms with Crippen LogP contribution in [0, 0.1) is 0 Å². The summed E-state index contributed by atoms with van der Waals surface area (Å²) < 4.78 is 37.3. The lowest BCUT2D eigenvalue weighted by Crippen LogP contribution is -2.54. The molecule has 0 aliphatic heterocycles. The lowest BCUT2D eigenvalue weighted by molar-refractivity contribution is -0.0947. The predicted molar refractivity (Wildman–Crippen MR) is 156 cm³/mol. The van der Waals surface area contributed by atoms with Crippen LogP contribution >= 0.6 is 8.25 Å². The Morgan fingerprint density at radius 1 is 0.639 bits per heavy atom. The standard InChI is InChI=1S/C26H59O7PSi2/c1-15-25(27,16-2)21(32-35(11,12)23(5,6)7)19-30-34(29)31-20-22(26(28,17-3)18-4)33-36(13,14)24(8,9)10/h21-22,27-28,34H,15-20H2,1-14H3. The zero-order valence-corrected chi connectivity index (χ0v) is 28.8. The fourth-order valence-electron chi connectivity index (χ4n) is 3.40. The molecule has 0 saturated heterocycles. The lowest BCUT2D eigenvalue weighted by Gasteiger charge is -2.44. The molecule has 0 amide bonds. The molecule has 2 atom stereocenters. The average molecular weight is 571 g/mol. The Balaban J connectivity index is 5.60. The minimum atomic E-state index is -2.91. The van der Waals surface area contributed by atoms with E-state index in [-0.39, 0.29) is 23.3 Å². The van der Waals surface area contributed by atoms with Crippen LogP contribution in [0.2, 0.25) is 36.3 Å². The first kappa shape index (κ1) is 36.4. The van der Waals surface area contributed by atoms with Gasteiger partial charge in [-0.25, -0.2) is 0 Å². The molecule has 0 aromatic carbocycles. The first-order valence-electron chi connectivity index (χ1n) is 13.7. The highest BCUT2D eigenvalue weighted by Crippen LogP contribution is 2.42. The Labute approximate surface area is 225 Å². The summed E-state index contributed by atoms with van der Waals surface area (Å²) in [6, 6.07) is 0. The third-order valence-electron chi connectivity index (χ3n) is 8.84. The van der Waals surface area contributed by atoms with Gasteiger partial charge in [0, 0.05) is 0 Å². The highest BCUT2D eigenvalue weighted by atomic mass is 31.1. The van der Waals surface area contributed by atoms with Crippen LogP contribution in [0.4, 0.5) is 0 Å². The maximum absolute atomic E-state index is 12.9. The molecule has 0 aliphatic carbocycles. The molecule has 36 heavy (non-hydrogen) atoms. The van der Waals surface area contributed by atoms with E-state index in [9.17, 15) is 14.8 Å². The van der Waals surface area contributed by atoms with E-state index < -0.39 is 48.3 Å². The molecule has 0 spiro atoms. The molecule has 0 rings (SSSR count). The molecule has 0 aromatic heterocycles. The van der Waals surface area contributed by atoms with Crippen LogP contribution in [0.1, 0.15) is 94.9 Å². The summed E-state index contributed by atoms with van der Waals surface area (Å²) in [5, 5.41) is 22.4. The van der Waals surface area contributed by atoms with Gasteiger partial charge in [-0.1, -0.05) is 69.2 Å². The summed E-state index contributed by atoms with van der Waals surface area (Å²) >= 11 is 0. The minimum absolute atomic E-state index is 0.0257. The highest BCUT2D eigenvalue weighted by Gasteiger charge is 2.46. The van der Waals surface area contributed by atoms with Crippen molar-refractivity contribution >= 4 is 24.9 Å². The molecule has 2 N–H and O–H groups in total. The van der Waals surface area contributed by atoms with Crippen molar-refractivity contribution in [3.05, 3.63) is 0 Å². The van der Waals surface area contributed by atoms with Crippen LogP contribution in [-0.2, 0) is 22.5 Å². The van der Waals surface area contributed by atoms with E-state index in [2.05, 4.69) is 67.7 Å². The zero-order chi connectivity index (χ0) is 28.8. The summed E-state index contributed by atoms with van der Waals surface area (Å²) in [7, 11) is -7.35. The van der Waals surface area contributed by atoms with Gasteiger partial charge in [-0.15, -0.1) is 0 Å². The fraction of sp³-hybridized carbons (Fsp3) is 1.00. The molecule has 2 unspecified atom stereocenters. The Kier molecular flexibility index (Phi) is 13.8. The van der Waals surface area contributed by atoms with Crippen LogP contribution < -0.4 is 0 Å². The monoisotopic (exact) mass is 570 g/mol. The Bertz CT molecular complexity index is 623. The van der Waals surface area contributed by atoms with Crippen LogP contribution in [0.5, 0.6) is 0 Å². The fourth-order valence-corrected chi connectivity index (χ4v) is 6.77. The van der Waals surface area contributed by atoms with E-state index in [0.717, 1.165) is 0 Å². The van der Waals surface area contributed by atoms with Gasteiger partial charge in [0.25, 0.3) is 0 Å². The van der Waals surface area contributed by atoms with Gasteiger partial charge >= 0.3 is 8.25 Å². The minimum Gasteiger partial charge on any atom is -0.409 e. The van der Waals surface area contributed by atoms with Crippen molar-refractivity contribution < 1.29 is 32.7 Å². The third kappa shape index (κ3) is 9.87. The lowest BCUT2D eigenvalue weighted by atomic mass is 9.91. The Hall–Kier alpha value is 0.424. The molecule has 7 nitrogen and oxygen atoms in total. The molecule has 0 heterocycles. The smallest absolute Gasteiger partial charge is 0.319 e. The molecule has 0 aliphatic rings. The van der Waals surface area contributed by atoms with Crippen LogP contribution in [0.3, 0.4) is 0 Å². The van der Waals surface area contributed by atoms with E-state index in [4.69, 9.17) is 17.9 Å². The molecule has 0 bridgehead atoms. The first-order valence-corrected chi connectivity index (χ1v) is 20.7. The van der Waals surface area contributed by atoms with Crippen molar-refractivity contribution in [3.8, 4) is 0 Å². The van der Waals surface area contributed by atoms with E-state index in [0.29, 0.717) is 25.7 Å². The van der Waals surface area contributed by atoms with Gasteiger partial charge in [0.2, 0.25) is 0 Å². The SMILES string of the molecule is CCC(O)(CC)C(CO[PH](=O)OCC(O[Si](C)(C)C(C)(C)C)C(O)(CC)CC)O[Si](C)(C)C(C)(C)C. The number of aliphatic hydroxyl groups is 2. The van der Waals surface area contributed by atoms with Gasteiger partial charge in [0.1, 0.15) is 0 Å². The maximum Gasteiger partial charge on any atom is 0.319 e. The van der Waals surface area contributed by atoms with Crippen molar-refractivity contribution in [3.63, 3.8) is 0 Å². The molecule has 0 aromatic rings. The molecular formula is C26H59O7PSi2. The van der Waals surface area contributed by atoms with Crippen molar-refractivity contribution in [2.45, 2.75) is 155 Å². The molecule has 218 valence electrons. The van der Waals surface area contributed by atoms with Gasteiger partial charge in [-0.05, 0) is 61.9 Å². The topological polar surface area (TPSA) is 94.5 Å². The Morgan fingerprint density at radius 2 is 0.889 bits per heavy atom. The van der Waals surface area contributed by atoms with Gasteiger partial charge in [-0.2, -0.15) is 0 Å². The normalized spacial score (nSPS) is 17.2. The van der Waals surface area contributed by atoms with Crippen molar-refractivity contribution in [1.29, 1.82) is 0 Å². The average Bonchev–Trinajstić information content (AvgIpc) is 2.76. The third-order valence-corrected chi connectivity index (χ3v) is 18.6. The summed E-state index contributed by atoms with van der Waals surface area (Å²) in [5.74, 6) is 0. The van der Waals surface area contributed by atoms with Gasteiger partial charge < -0.3 is 28.1 Å². The number of hydrogen-bond donors (Lipinski definition) is 2. The first-order chi connectivity index (χ1) is 16.1. The second-order valence-corrected chi connectivity index (χ2v) is 23.8. The number of hydrogen-bond acceptors (Lipinski definition) is 7. The van der Waals surface area contributed by atoms with Crippen LogP contribution in [-0.4, -0.2) is 63.5 Å². The summed E-state index contributed by atoms with van der Waals surface area (Å²) in [6.07, 6.45) is 0.751. The van der Waals surface area contributed by atoms with E-state index in [1.807, 2.05) is 27.7 Å². The van der Waals surface area contributed by atoms with Crippen LogP contribution in [0.25, 0.3) is 0 Å². The van der Waals surface area contributed by atoms with E-state index >= 15 is 0 Å². The summed E-state index contributed by atoms with van der Waals surface area (Å²) in [6.45, 7) is 29.0. The Morgan fingerprint density at radius 3 is 1.08 bits per heavy atom. The van der Waals surface area contributed by atoms with Crippen molar-refractivity contribution in [2.75, 3.05) is 13.2 Å².